The number of hydrogen-bond donors (Lipinski definition) is 2. The summed E-state index contributed by atoms with van der Waals surface area (Å²) >= 11 is 1.54. The van der Waals surface area contributed by atoms with Crippen molar-refractivity contribution in [1.82, 2.24) is 4.72 Å². The minimum Gasteiger partial charge on any atom is -0.486 e. The van der Waals surface area contributed by atoms with Gasteiger partial charge in [0.25, 0.3) is 0 Å². The molecular formula is C15H23NO4S2. The molecule has 0 fully saturated rings. The number of nitrogens with one attached hydrogen (secondary N) is 1. The van der Waals surface area contributed by atoms with Crippen LogP contribution in [0, 0.1) is 0 Å². The maximum atomic E-state index is 12.7. The van der Waals surface area contributed by atoms with Crippen LogP contribution >= 0.6 is 11.8 Å². The Hall–Kier alpha value is -0.760. The maximum Gasteiger partial charge on any atom is 0.244 e. The van der Waals surface area contributed by atoms with Gasteiger partial charge in [-0.2, -0.15) is 11.8 Å². The molecule has 5 nitrogen and oxygen atoms in total. The number of para-hydroxylation sites is 1. The molecular weight excluding hydrogens is 322 g/mol. The van der Waals surface area contributed by atoms with Gasteiger partial charge in [-0.05, 0) is 38.2 Å². The van der Waals surface area contributed by atoms with Gasteiger partial charge in [0.1, 0.15) is 16.2 Å². The highest BCUT2D eigenvalue weighted by atomic mass is 32.2. The summed E-state index contributed by atoms with van der Waals surface area (Å²) in [6.45, 7) is 3.84. The largest absolute Gasteiger partial charge is 0.486 e. The van der Waals surface area contributed by atoms with Gasteiger partial charge in [-0.1, -0.05) is 12.1 Å². The van der Waals surface area contributed by atoms with E-state index in [1.807, 2.05) is 26.2 Å². The first-order valence-corrected chi connectivity index (χ1v) is 10.1. The molecule has 124 valence electrons. The van der Waals surface area contributed by atoms with Crippen molar-refractivity contribution in [3.05, 3.63) is 23.8 Å². The van der Waals surface area contributed by atoms with E-state index in [1.165, 1.54) is 0 Å². The third-order valence-corrected chi connectivity index (χ3v) is 5.79. The Morgan fingerprint density at radius 3 is 2.82 bits per heavy atom. The summed E-state index contributed by atoms with van der Waals surface area (Å²) in [6.07, 6.45) is 2.99. The van der Waals surface area contributed by atoms with E-state index < -0.39 is 15.6 Å². The lowest BCUT2D eigenvalue weighted by Gasteiger charge is -2.20. The van der Waals surface area contributed by atoms with Gasteiger partial charge < -0.3 is 9.84 Å². The Balaban J connectivity index is 2.30. The third kappa shape index (κ3) is 3.95. The molecule has 0 amide bonds. The molecule has 0 saturated heterocycles. The molecule has 0 aliphatic carbocycles. The van der Waals surface area contributed by atoms with E-state index in [1.54, 1.807) is 23.9 Å². The predicted molar refractivity (Wildman–Crippen MR) is 89.0 cm³/mol. The molecule has 0 radical (unpaired) electrons. The predicted octanol–water partition coefficient (Wildman–Crippen LogP) is 1.79. The number of hydrogen-bond acceptors (Lipinski definition) is 5. The molecule has 1 aliphatic heterocycles. The molecule has 1 heterocycles. The van der Waals surface area contributed by atoms with Gasteiger partial charge >= 0.3 is 0 Å². The van der Waals surface area contributed by atoms with Crippen molar-refractivity contribution in [2.75, 3.05) is 18.6 Å². The Morgan fingerprint density at radius 1 is 1.45 bits per heavy atom. The normalized spacial score (nSPS) is 17.8. The number of ether oxygens (including phenoxy) is 1. The van der Waals surface area contributed by atoms with Gasteiger partial charge in [-0.3, -0.25) is 0 Å². The number of rotatable bonds is 7. The average Bonchev–Trinajstić information content (AvgIpc) is 2.72. The van der Waals surface area contributed by atoms with Crippen molar-refractivity contribution >= 4 is 21.8 Å². The summed E-state index contributed by atoms with van der Waals surface area (Å²) in [7, 11) is -3.68. The third-order valence-electron chi connectivity index (χ3n) is 3.51. The molecule has 1 aromatic rings. The van der Waals surface area contributed by atoms with E-state index in [9.17, 15) is 8.42 Å². The first kappa shape index (κ1) is 17.6. The number of thioether (sulfide) groups is 1. The van der Waals surface area contributed by atoms with Gasteiger partial charge in [0, 0.05) is 24.8 Å². The summed E-state index contributed by atoms with van der Waals surface area (Å²) in [5.74, 6) is 1.06. The summed E-state index contributed by atoms with van der Waals surface area (Å²) in [5.41, 5.74) is 0.522. The molecule has 0 saturated carbocycles. The molecule has 22 heavy (non-hydrogen) atoms. The van der Waals surface area contributed by atoms with Crippen molar-refractivity contribution in [1.29, 1.82) is 0 Å². The van der Waals surface area contributed by atoms with Crippen LogP contribution in [0.3, 0.4) is 0 Å². The number of aliphatic hydroxyl groups is 1. The molecule has 2 rings (SSSR count). The zero-order valence-corrected chi connectivity index (χ0v) is 14.8. The van der Waals surface area contributed by atoms with Crippen LogP contribution in [0.15, 0.2) is 23.1 Å². The summed E-state index contributed by atoms with van der Waals surface area (Å²) < 4.78 is 33.9. The lowest BCUT2D eigenvalue weighted by molar-refractivity contribution is 0.135. The van der Waals surface area contributed by atoms with Crippen LogP contribution in [0.2, 0.25) is 0 Å². The Kier molecular flexibility index (Phi) is 5.42. The van der Waals surface area contributed by atoms with E-state index in [2.05, 4.69) is 4.72 Å². The zero-order valence-electron chi connectivity index (χ0n) is 13.1. The highest BCUT2D eigenvalue weighted by Gasteiger charge is 2.35. The van der Waals surface area contributed by atoms with Crippen molar-refractivity contribution in [3.8, 4) is 5.75 Å². The van der Waals surface area contributed by atoms with E-state index in [4.69, 9.17) is 9.84 Å². The highest BCUT2D eigenvalue weighted by Crippen LogP contribution is 2.39. The van der Waals surface area contributed by atoms with Crippen LogP contribution < -0.4 is 9.46 Å². The molecule has 1 aromatic carbocycles. The van der Waals surface area contributed by atoms with Crippen LogP contribution in [0.25, 0.3) is 0 Å². The maximum absolute atomic E-state index is 12.7. The molecule has 0 unspecified atom stereocenters. The molecule has 7 heteroatoms. The molecule has 1 aliphatic rings. The second-order valence-corrected chi connectivity index (χ2v) is 8.66. The summed E-state index contributed by atoms with van der Waals surface area (Å²) in [6, 6.07) is 4.91. The SMILES string of the molecule is CSC[C@H](CCO)NS(=O)(=O)c1cccc2c1OC(C)(C)C2. The first-order chi connectivity index (χ1) is 10.3. The Bertz CT molecular complexity index is 622. The molecule has 2 N–H and O–H groups in total. The molecule has 0 spiro atoms. The fourth-order valence-electron chi connectivity index (χ4n) is 2.62. The first-order valence-electron chi connectivity index (χ1n) is 7.22. The minimum absolute atomic E-state index is 0.0514. The van der Waals surface area contributed by atoms with Gasteiger partial charge in [-0.15, -0.1) is 0 Å². The van der Waals surface area contributed by atoms with Crippen LogP contribution in [-0.4, -0.2) is 43.8 Å². The number of benzene rings is 1. The van der Waals surface area contributed by atoms with Gasteiger partial charge in [0.15, 0.2) is 0 Å². The topological polar surface area (TPSA) is 75.6 Å². The lowest BCUT2D eigenvalue weighted by atomic mass is 10.0. The second kappa shape index (κ2) is 6.78. The smallest absolute Gasteiger partial charge is 0.244 e. The standard InChI is InChI=1S/C15H23NO4S2/c1-15(2)9-11-5-4-6-13(14(11)20-15)22(18,19)16-12(7-8-17)10-21-3/h4-6,12,16-17H,7-10H2,1-3H3/t12-/m0/s1. The zero-order chi connectivity index (χ0) is 16.4. The fourth-order valence-corrected chi connectivity index (χ4v) is 4.81. The van der Waals surface area contributed by atoms with Crippen LogP contribution in [0.1, 0.15) is 25.8 Å². The number of aliphatic hydroxyl groups excluding tert-OH is 1. The van der Waals surface area contributed by atoms with Gasteiger partial charge in [0.05, 0.1) is 0 Å². The Labute approximate surface area is 136 Å². The van der Waals surface area contributed by atoms with Crippen molar-refractivity contribution < 1.29 is 18.3 Å². The average molecular weight is 345 g/mol. The van der Waals surface area contributed by atoms with E-state index in [0.717, 1.165) is 5.56 Å². The van der Waals surface area contributed by atoms with Crippen LogP contribution in [-0.2, 0) is 16.4 Å². The monoisotopic (exact) mass is 345 g/mol. The van der Waals surface area contributed by atoms with E-state index >= 15 is 0 Å². The highest BCUT2D eigenvalue weighted by molar-refractivity contribution is 7.98. The van der Waals surface area contributed by atoms with E-state index in [-0.39, 0.29) is 17.5 Å². The minimum atomic E-state index is -3.68. The molecule has 0 bridgehead atoms. The fraction of sp³-hybridized carbons (Fsp3) is 0.600. The molecule has 0 aromatic heterocycles. The summed E-state index contributed by atoms with van der Waals surface area (Å²) in [4.78, 5) is 0.180. The second-order valence-electron chi connectivity index (χ2n) is 6.07. The van der Waals surface area contributed by atoms with Crippen LogP contribution in [0.5, 0.6) is 5.75 Å². The number of fused-ring (bicyclic) bond motifs is 1. The van der Waals surface area contributed by atoms with Gasteiger partial charge in [0.2, 0.25) is 10.0 Å². The van der Waals surface area contributed by atoms with Crippen LogP contribution in [0.4, 0.5) is 0 Å². The lowest BCUT2D eigenvalue weighted by Crippen LogP contribution is -2.37. The number of sulfonamides is 1. The summed E-state index contributed by atoms with van der Waals surface area (Å²) in [5, 5.41) is 9.09. The Morgan fingerprint density at radius 2 is 2.18 bits per heavy atom. The van der Waals surface area contributed by atoms with E-state index in [0.29, 0.717) is 24.3 Å². The quantitative estimate of drug-likeness (QED) is 0.788. The van der Waals surface area contributed by atoms with Crippen molar-refractivity contribution in [2.45, 2.75) is 43.2 Å². The molecule has 1 atom stereocenters. The van der Waals surface area contributed by atoms with Crippen molar-refractivity contribution in [3.63, 3.8) is 0 Å². The van der Waals surface area contributed by atoms with Gasteiger partial charge in [-0.25, -0.2) is 13.1 Å². The van der Waals surface area contributed by atoms with Crippen molar-refractivity contribution in [2.24, 2.45) is 0 Å².